The monoisotopic (exact) mass is 386 g/mol. The van der Waals surface area contributed by atoms with E-state index < -0.39 is 4.92 Å². The lowest BCUT2D eigenvalue weighted by Crippen LogP contribution is -2.06. The first kappa shape index (κ1) is 16.4. The first-order chi connectivity index (χ1) is 10.5. The molecule has 2 aromatic rings. The van der Waals surface area contributed by atoms with E-state index in [0.29, 0.717) is 27.6 Å². The third kappa shape index (κ3) is 4.28. The molecular formula is C12H11BrN4O4S. The summed E-state index contributed by atoms with van der Waals surface area (Å²) in [7, 11) is 0. The van der Waals surface area contributed by atoms with Gasteiger partial charge in [-0.05, 0) is 13.0 Å². The molecule has 0 radical (unpaired) electrons. The summed E-state index contributed by atoms with van der Waals surface area (Å²) >= 11 is 4.37. The van der Waals surface area contributed by atoms with E-state index in [-0.39, 0.29) is 17.4 Å². The van der Waals surface area contributed by atoms with Gasteiger partial charge in [-0.15, -0.1) is 0 Å². The molecule has 0 fully saturated rings. The van der Waals surface area contributed by atoms with E-state index in [2.05, 4.69) is 31.1 Å². The minimum absolute atomic E-state index is 0.0603. The SMILES string of the molecule is CCOC(=O)CSc1nc(-c2cc(Br)cc([N+](=O)[O-])c2)n[nH]1. The summed E-state index contributed by atoms with van der Waals surface area (Å²) in [6.07, 6.45) is 0. The number of thioether (sulfide) groups is 1. The lowest BCUT2D eigenvalue weighted by molar-refractivity contribution is -0.384. The van der Waals surface area contributed by atoms with Crippen molar-refractivity contribution in [2.45, 2.75) is 12.1 Å². The number of hydrogen-bond donors (Lipinski definition) is 1. The molecule has 0 bridgehead atoms. The van der Waals surface area contributed by atoms with Crippen LogP contribution in [0.15, 0.2) is 27.8 Å². The number of benzene rings is 1. The number of nitrogens with one attached hydrogen (secondary N) is 1. The van der Waals surface area contributed by atoms with Crippen LogP contribution in [0.5, 0.6) is 0 Å². The Labute approximate surface area is 137 Å². The number of H-pyrrole nitrogens is 1. The van der Waals surface area contributed by atoms with Crippen LogP contribution in [0.2, 0.25) is 0 Å². The highest BCUT2D eigenvalue weighted by atomic mass is 79.9. The smallest absolute Gasteiger partial charge is 0.316 e. The highest BCUT2D eigenvalue weighted by molar-refractivity contribution is 9.10. The predicted molar refractivity (Wildman–Crippen MR) is 83.5 cm³/mol. The van der Waals surface area contributed by atoms with Crippen LogP contribution in [-0.2, 0) is 9.53 Å². The highest BCUT2D eigenvalue weighted by Crippen LogP contribution is 2.27. The molecule has 0 atom stereocenters. The Kier molecular flexibility index (Phi) is 5.50. The number of nitro groups is 1. The second-order valence-electron chi connectivity index (χ2n) is 4.01. The highest BCUT2D eigenvalue weighted by Gasteiger charge is 2.14. The topological polar surface area (TPSA) is 111 Å². The zero-order valence-corrected chi connectivity index (χ0v) is 13.8. The average molecular weight is 387 g/mol. The molecule has 0 aliphatic rings. The average Bonchev–Trinajstić information content (AvgIpc) is 2.93. The van der Waals surface area contributed by atoms with E-state index >= 15 is 0 Å². The van der Waals surface area contributed by atoms with E-state index in [9.17, 15) is 14.9 Å². The standard InChI is InChI=1S/C12H11BrN4O4S/c1-2-21-10(18)6-22-12-14-11(15-16-12)7-3-8(13)5-9(4-7)17(19)20/h3-5H,2,6H2,1H3,(H,14,15,16). The zero-order valence-electron chi connectivity index (χ0n) is 11.4. The molecule has 0 spiro atoms. The quantitative estimate of drug-likeness (QED) is 0.351. The lowest BCUT2D eigenvalue weighted by atomic mass is 10.2. The first-order valence-electron chi connectivity index (χ1n) is 6.15. The van der Waals surface area contributed by atoms with Gasteiger partial charge in [-0.25, -0.2) is 4.98 Å². The van der Waals surface area contributed by atoms with Crippen LogP contribution in [0.4, 0.5) is 5.69 Å². The van der Waals surface area contributed by atoms with Crippen LogP contribution < -0.4 is 0 Å². The Morgan fingerprint density at radius 3 is 2.95 bits per heavy atom. The van der Waals surface area contributed by atoms with Crippen molar-refractivity contribution in [2.24, 2.45) is 0 Å². The number of non-ortho nitro benzene ring substituents is 1. The summed E-state index contributed by atoms with van der Waals surface area (Å²) in [5, 5.41) is 18.0. The van der Waals surface area contributed by atoms with Crippen molar-refractivity contribution >= 4 is 39.3 Å². The molecule has 0 aliphatic heterocycles. The van der Waals surface area contributed by atoms with Gasteiger partial charge in [0.05, 0.1) is 17.3 Å². The van der Waals surface area contributed by atoms with Gasteiger partial charge in [-0.2, -0.15) is 5.10 Å². The number of aromatic amines is 1. The number of esters is 1. The van der Waals surface area contributed by atoms with E-state index in [4.69, 9.17) is 4.74 Å². The number of nitrogens with zero attached hydrogens (tertiary/aromatic N) is 3. The molecule has 1 N–H and O–H groups in total. The van der Waals surface area contributed by atoms with Gasteiger partial charge in [0.15, 0.2) is 11.0 Å². The molecular weight excluding hydrogens is 376 g/mol. The number of rotatable bonds is 6. The second-order valence-corrected chi connectivity index (χ2v) is 5.89. The summed E-state index contributed by atoms with van der Waals surface area (Å²) in [4.78, 5) is 25.8. The van der Waals surface area contributed by atoms with Crippen molar-refractivity contribution in [3.05, 3.63) is 32.8 Å². The minimum atomic E-state index is -0.489. The predicted octanol–water partition coefficient (Wildman–Crippen LogP) is 2.80. The molecule has 0 amide bonds. The van der Waals surface area contributed by atoms with E-state index in [1.807, 2.05) is 0 Å². The van der Waals surface area contributed by atoms with Gasteiger partial charge in [-0.1, -0.05) is 27.7 Å². The fraction of sp³-hybridized carbons (Fsp3) is 0.250. The van der Waals surface area contributed by atoms with Gasteiger partial charge in [0.2, 0.25) is 0 Å². The second kappa shape index (κ2) is 7.36. The Morgan fingerprint density at radius 1 is 1.50 bits per heavy atom. The lowest BCUT2D eigenvalue weighted by Gasteiger charge is -1.99. The molecule has 1 aromatic heterocycles. The summed E-state index contributed by atoms with van der Waals surface area (Å²) in [5.74, 6) is 0.0838. The van der Waals surface area contributed by atoms with Gasteiger partial charge in [0.25, 0.3) is 5.69 Å². The number of halogens is 1. The number of ether oxygens (including phenoxy) is 1. The van der Waals surface area contributed by atoms with Crippen molar-refractivity contribution < 1.29 is 14.5 Å². The molecule has 1 aromatic carbocycles. The molecule has 0 unspecified atom stereocenters. The molecule has 2 rings (SSSR count). The number of carbonyl (C=O) groups is 1. The molecule has 1 heterocycles. The zero-order chi connectivity index (χ0) is 16.1. The molecule has 0 saturated heterocycles. The first-order valence-corrected chi connectivity index (χ1v) is 7.93. The molecule has 116 valence electrons. The minimum Gasteiger partial charge on any atom is -0.465 e. The number of hydrogen-bond acceptors (Lipinski definition) is 7. The van der Waals surface area contributed by atoms with Crippen LogP contribution in [0, 0.1) is 10.1 Å². The van der Waals surface area contributed by atoms with Gasteiger partial charge in [0.1, 0.15) is 0 Å². The Bertz CT molecular complexity index is 706. The van der Waals surface area contributed by atoms with Crippen molar-refractivity contribution in [3.63, 3.8) is 0 Å². The third-order valence-corrected chi connectivity index (χ3v) is 3.74. The van der Waals surface area contributed by atoms with Crippen molar-refractivity contribution in [1.82, 2.24) is 15.2 Å². The third-order valence-electron chi connectivity index (χ3n) is 2.45. The van der Waals surface area contributed by atoms with Crippen LogP contribution in [0.3, 0.4) is 0 Å². The number of nitro benzene ring substituents is 1. The van der Waals surface area contributed by atoms with E-state index in [1.54, 1.807) is 13.0 Å². The fourth-order valence-electron chi connectivity index (χ4n) is 1.58. The maximum atomic E-state index is 11.3. The Balaban J connectivity index is 2.14. The van der Waals surface area contributed by atoms with Crippen molar-refractivity contribution in [3.8, 4) is 11.4 Å². The maximum absolute atomic E-state index is 11.3. The van der Waals surface area contributed by atoms with Gasteiger partial charge < -0.3 is 4.74 Å². The summed E-state index contributed by atoms with van der Waals surface area (Å²) < 4.78 is 5.37. The van der Waals surface area contributed by atoms with Crippen molar-refractivity contribution in [1.29, 1.82) is 0 Å². The summed E-state index contributed by atoms with van der Waals surface area (Å²) in [5.41, 5.74) is 0.440. The van der Waals surface area contributed by atoms with Crippen LogP contribution in [-0.4, -0.2) is 38.4 Å². The van der Waals surface area contributed by atoms with Crippen molar-refractivity contribution in [2.75, 3.05) is 12.4 Å². The summed E-state index contributed by atoms with van der Waals surface area (Å²) in [6.45, 7) is 2.05. The number of carbonyl (C=O) groups excluding carboxylic acids is 1. The Hall–Kier alpha value is -1.94. The fourth-order valence-corrected chi connectivity index (χ4v) is 2.66. The normalized spacial score (nSPS) is 10.5. The Morgan fingerprint density at radius 2 is 2.27 bits per heavy atom. The molecule has 0 aliphatic carbocycles. The largest absolute Gasteiger partial charge is 0.465 e. The van der Waals surface area contributed by atoms with Crippen LogP contribution in [0.1, 0.15) is 6.92 Å². The van der Waals surface area contributed by atoms with Gasteiger partial charge >= 0.3 is 5.97 Å². The van der Waals surface area contributed by atoms with Crippen LogP contribution >= 0.6 is 27.7 Å². The number of aromatic nitrogens is 3. The van der Waals surface area contributed by atoms with Crippen LogP contribution in [0.25, 0.3) is 11.4 Å². The van der Waals surface area contributed by atoms with E-state index in [0.717, 1.165) is 11.8 Å². The van der Waals surface area contributed by atoms with Gasteiger partial charge in [-0.3, -0.25) is 20.0 Å². The molecule has 22 heavy (non-hydrogen) atoms. The van der Waals surface area contributed by atoms with Gasteiger partial charge in [0, 0.05) is 22.2 Å². The molecule has 0 saturated carbocycles. The maximum Gasteiger partial charge on any atom is 0.316 e. The summed E-state index contributed by atoms with van der Waals surface area (Å²) in [6, 6.07) is 4.45. The molecule has 10 heteroatoms. The molecule has 8 nitrogen and oxygen atoms in total. The van der Waals surface area contributed by atoms with E-state index in [1.165, 1.54) is 12.1 Å².